The third-order valence-corrected chi connectivity index (χ3v) is 1.93. The first-order chi connectivity index (χ1) is 8.11. The predicted molar refractivity (Wildman–Crippen MR) is 63.9 cm³/mol. The Bertz CT molecular complexity index is 405. The zero-order valence-corrected chi connectivity index (χ0v) is 10.6. The number of esters is 1. The smallest absolute Gasteiger partial charge is 0.349 e. The van der Waals surface area contributed by atoms with Gasteiger partial charge in [0.2, 0.25) is 10.6 Å². The zero-order valence-electron chi connectivity index (χ0n) is 9.06. The lowest BCUT2D eigenvalue weighted by Crippen LogP contribution is -2.06. The van der Waals surface area contributed by atoms with Gasteiger partial charge in [-0.2, -0.15) is 15.0 Å². The summed E-state index contributed by atoms with van der Waals surface area (Å²) >= 11 is 11.1. The van der Waals surface area contributed by atoms with Gasteiger partial charge in [-0.1, -0.05) is 13.3 Å². The number of nitrogens with zero attached hydrogens (tertiary/aromatic N) is 4. The van der Waals surface area contributed by atoms with Gasteiger partial charge in [0.15, 0.2) is 0 Å². The van der Waals surface area contributed by atoms with Crippen LogP contribution in [-0.4, -0.2) is 33.7 Å². The van der Waals surface area contributed by atoms with Gasteiger partial charge in [-0.3, -0.25) is 0 Å². The third kappa shape index (κ3) is 5.55. The van der Waals surface area contributed by atoms with Crippen LogP contribution in [0.3, 0.4) is 0 Å². The van der Waals surface area contributed by atoms with Crippen molar-refractivity contribution >= 4 is 41.3 Å². The van der Waals surface area contributed by atoms with Gasteiger partial charge in [0.05, 0.1) is 6.61 Å². The summed E-state index contributed by atoms with van der Waals surface area (Å²) in [6, 6.07) is 0. The summed E-state index contributed by atoms with van der Waals surface area (Å²) in [4.78, 5) is 25.7. The van der Waals surface area contributed by atoms with Crippen LogP contribution >= 0.6 is 23.2 Å². The fraction of sp³-hybridized carbons (Fsp3) is 0.444. The first-order valence-electron chi connectivity index (χ1n) is 4.89. The molecule has 0 spiro atoms. The summed E-state index contributed by atoms with van der Waals surface area (Å²) in [6.45, 7) is 2.36. The number of ether oxygens (including phenoxy) is 1. The van der Waals surface area contributed by atoms with Crippen LogP contribution in [0, 0.1) is 0 Å². The fourth-order valence-corrected chi connectivity index (χ4v) is 1.19. The molecule has 0 aliphatic rings. The van der Waals surface area contributed by atoms with E-state index < -0.39 is 5.97 Å². The molecular weight excluding hydrogens is 267 g/mol. The molecule has 0 aromatic carbocycles. The monoisotopic (exact) mass is 276 g/mol. The van der Waals surface area contributed by atoms with Crippen molar-refractivity contribution in [3.8, 4) is 0 Å². The van der Waals surface area contributed by atoms with Gasteiger partial charge in [-0.05, 0) is 29.6 Å². The quantitative estimate of drug-likeness (QED) is 0.468. The Morgan fingerprint density at radius 2 is 2.00 bits per heavy atom. The number of hydrogen-bond acceptors (Lipinski definition) is 6. The van der Waals surface area contributed by atoms with Crippen molar-refractivity contribution in [2.24, 2.45) is 4.99 Å². The van der Waals surface area contributed by atoms with Crippen molar-refractivity contribution in [2.45, 2.75) is 19.8 Å². The van der Waals surface area contributed by atoms with Crippen molar-refractivity contribution in [3.05, 3.63) is 10.6 Å². The molecule has 1 heterocycles. The van der Waals surface area contributed by atoms with Gasteiger partial charge in [0, 0.05) is 0 Å². The first-order valence-corrected chi connectivity index (χ1v) is 5.65. The lowest BCUT2D eigenvalue weighted by Gasteiger charge is -1.98. The van der Waals surface area contributed by atoms with E-state index in [1.165, 1.54) is 0 Å². The van der Waals surface area contributed by atoms with E-state index in [4.69, 9.17) is 27.9 Å². The van der Waals surface area contributed by atoms with E-state index in [-0.39, 0.29) is 16.5 Å². The van der Waals surface area contributed by atoms with Crippen molar-refractivity contribution < 1.29 is 9.53 Å². The Morgan fingerprint density at radius 1 is 1.35 bits per heavy atom. The lowest BCUT2D eigenvalue weighted by molar-refractivity contribution is -0.135. The van der Waals surface area contributed by atoms with E-state index in [0.29, 0.717) is 6.61 Å². The van der Waals surface area contributed by atoms with Gasteiger partial charge >= 0.3 is 5.97 Å². The van der Waals surface area contributed by atoms with Crippen LogP contribution in [0.1, 0.15) is 19.8 Å². The minimum atomic E-state index is -0.564. The second-order valence-electron chi connectivity index (χ2n) is 2.95. The van der Waals surface area contributed by atoms with Gasteiger partial charge in [-0.15, -0.1) is 0 Å². The standard InChI is InChI=1S/C9H10Cl2N4O2/c1-2-3-4-17-6(16)5-12-9-14-7(10)13-8(11)15-9/h5H,2-4H2,1H3. The molecule has 1 aromatic rings. The summed E-state index contributed by atoms with van der Waals surface area (Å²) in [5, 5.41) is -0.173. The number of aromatic nitrogens is 3. The molecule has 0 saturated heterocycles. The highest BCUT2D eigenvalue weighted by molar-refractivity contribution is 6.31. The molecule has 0 aliphatic heterocycles. The molecule has 0 bridgehead atoms. The Balaban J connectivity index is 2.54. The minimum absolute atomic E-state index is 0.0394. The molecule has 1 rings (SSSR count). The molecule has 17 heavy (non-hydrogen) atoms. The summed E-state index contributed by atoms with van der Waals surface area (Å²) in [5.41, 5.74) is 0. The Hall–Kier alpha value is -1.27. The van der Waals surface area contributed by atoms with E-state index in [2.05, 4.69) is 19.9 Å². The van der Waals surface area contributed by atoms with Gasteiger partial charge in [-0.25, -0.2) is 9.79 Å². The largest absolute Gasteiger partial charge is 0.461 e. The van der Waals surface area contributed by atoms with Crippen molar-refractivity contribution in [1.29, 1.82) is 0 Å². The molecule has 0 N–H and O–H groups in total. The Labute approximate surface area is 108 Å². The van der Waals surface area contributed by atoms with Crippen molar-refractivity contribution in [1.82, 2.24) is 15.0 Å². The molecule has 0 amide bonds. The molecule has 0 aliphatic carbocycles. The number of carbonyl (C=O) groups is 1. The molecule has 92 valence electrons. The van der Waals surface area contributed by atoms with E-state index >= 15 is 0 Å². The number of hydrogen-bond donors (Lipinski definition) is 0. The average molecular weight is 277 g/mol. The fourth-order valence-electron chi connectivity index (χ4n) is 0.839. The number of aliphatic imine (C=N–C) groups is 1. The molecule has 6 nitrogen and oxygen atoms in total. The van der Waals surface area contributed by atoms with Crippen LogP contribution in [0.2, 0.25) is 10.6 Å². The SMILES string of the molecule is CCCCOC(=O)C=Nc1nc(Cl)nc(Cl)n1. The van der Waals surface area contributed by atoms with E-state index in [0.717, 1.165) is 19.1 Å². The van der Waals surface area contributed by atoms with Gasteiger partial charge in [0.1, 0.15) is 6.21 Å². The number of rotatable bonds is 5. The summed E-state index contributed by atoms with van der Waals surface area (Å²) in [7, 11) is 0. The van der Waals surface area contributed by atoms with Crippen molar-refractivity contribution in [2.75, 3.05) is 6.61 Å². The summed E-state index contributed by atoms with van der Waals surface area (Å²) < 4.78 is 4.84. The maximum atomic E-state index is 11.2. The zero-order chi connectivity index (χ0) is 12.7. The molecule has 1 aromatic heterocycles. The topological polar surface area (TPSA) is 77.3 Å². The number of carbonyl (C=O) groups excluding carboxylic acids is 1. The molecule has 8 heteroatoms. The number of unbranched alkanes of at least 4 members (excludes halogenated alkanes) is 1. The highest BCUT2D eigenvalue weighted by atomic mass is 35.5. The summed E-state index contributed by atoms with van der Waals surface area (Å²) in [6.07, 6.45) is 2.73. The van der Waals surface area contributed by atoms with Gasteiger partial charge < -0.3 is 4.74 Å². The van der Waals surface area contributed by atoms with E-state index in [1.54, 1.807) is 0 Å². The molecular formula is C9H10Cl2N4O2. The Kier molecular flexibility index (Phi) is 5.79. The normalized spacial score (nSPS) is 10.8. The molecule has 0 fully saturated rings. The van der Waals surface area contributed by atoms with Crippen LogP contribution in [0.4, 0.5) is 5.95 Å². The predicted octanol–water partition coefficient (Wildman–Crippen LogP) is 2.22. The average Bonchev–Trinajstić information content (AvgIpc) is 2.25. The maximum Gasteiger partial charge on any atom is 0.349 e. The van der Waals surface area contributed by atoms with Crippen LogP contribution < -0.4 is 0 Å². The van der Waals surface area contributed by atoms with E-state index in [9.17, 15) is 4.79 Å². The molecule has 0 atom stereocenters. The number of halogens is 2. The van der Waals surface area contributed by atoms with Crippen LogP contribution in [0.15, 0.2) is 4.99 Å². The maximum absolute atomic E-state index is 11.2. The van der Waals surface area contributed by atoms with Crippen molar-refractivity contribution in [3.63, 3.8) is 0 Å². The molecule has 0 radical (unpaired) electrons. The Morgan fingerprint density at radius 3 is 2.59 bits per heavy atom. The van der Waals surface area contributed by atoms with Crippen LogP contribution in [-0.2, 0) is 9.53 Å². The first kappa shape index (κ1) is 13.8. The van der Waals surface area contributed by atoms with Gasteiger partial charge in [0.25, 0.3) is 5.95 Å². The second kappa shape index (κ2) is 7.13. The molecule has 0 saturated carbocycles. The van der Waals surface area contributed by atoms with Crippen LogP contribution in [0.25, 0.3) is 0 Å². The summed E-state index contributed by atoms with van der Waals surface area (Å²) in [5.74, 6) is -0.603. The molecule has 0 unspecified atom stereocenters. The van der Waals surface area contributed by atoms with E-state index in [1.807, 2.05) is 6.92 Å². The van der Waals surface area contributed by atoms with Crippen LogP contribution in [0.5, 0.6) is 0 Å². The third-order valence-electron chi connectivity index (χ3n) is 1.60. The highest BCUT2D eigenvalue weighted by Gasteiger charge is 2.02. The minimum Gasteiger partial charge on any atom is -0.461 e. The second-order valence-corrected chi connectivity index (χ2v) is 3.63. The highest BCUT2D eigenvalue weighted by Crippen LogP contribution is 2.11. The lowest BCUT2D eigenvalue weighted by atomic mass is 10.4.